The number of aliphatic hydroxyl groups excluding tert-OH is 1. The van der Waals surface area contributed by atoms with Crippen molar-refractivity contribution in [2.75, 3.05) is 19.8 Å². The van der Waals surface area contributed by atoms with Crippen LogP contribution in [0, 0.1) is 17.8 Å². The van der Waals surface area contributed by atoms with Gasteiger partial charge in [0, 0.05) is 32.7 Å². The Morgan fingerprint density at radius 1 is 1.23 bits per heavy atom. The summed E-state index contributed by atoms with van der Waals surface area (Å²) in [6, 6.07) is 0. The van der Waals surface area contributed by atoms with Gasteiger partial charge in [0.1, 0.15) is 0 Å². The molecule has 0 aromatic heterocycles. The maximum atomic E-state index is 13.1. The summed E-state index contributed by atoms with van der Waals surface area (Å²) in [5.41, 5.74) is 0. The van der Waals surface area contributed by atoms with E-state index in [2.05, 4.69) is 0 Å². The van der Waals surface area contributed by atoms with Crippen LogP contribution in [0.4, 0.5) is 8.78 Å². The Morgan fingerprint density at radius 3 is 2.23 bits per heavy atom. The van der Waals surface area contributed by atoms with Crippen LogP contribution in [0.3, 0.4) is 0 Å². The molecule has 0 aromatic carbocycles. The summed E-state index contributed by atoms with van der Waals surface area (Å²) in [7, 11) is 0. The number of rotatable bonds is 1. The zero-order valence-electron chi connectivity index (χ0n) is 7.38. The fraction of sp³-hybridized carbons (Fsp3) is 1.00. The standard InChI is InChI=1S/C9H14F2O2/c10-9(11)1-6-4-13-5-7(2-9)8(6)3-12/h6-8,12H,1-5H2. The van der Waals surface area contributed by atoms with Crippen LogP contribution in [-0.2, 0) is 4.74 Å². The monoisotopic (exact) mass is 192 g/mol. The third-order valence-electron chi connectivity index (χ3n) is 3.21. The van der Waals surface area contributed by atoms with Crippen LogP contribution in [0.1, 0.15) is 12.8 Å². The summed E-state index contributed by atoms with van der Waals surface area (Å²) in [4.78, 5) is 0. The first-order chi connectivity index (χ1) is 6.12. The summed E-state index contributed by atoms with van der Waals surface area (Å²) < 4.78 is 31.4. The van der Waals surface area contributed by atoms with Gasteiger partial charge < -0.3 is 9.84 Å². The normalized spacial score (nSPS) is 43.2. The highest BCUT2D eigenvalue weighted by Crippen LogP contribution is 2.45. The van der Waals surface area contributed by atoms with Crippen LogP contribution in [0.2, 0.25) is 0 Å². The van der Waals surface area contributed by atoms with Crippen LogP contribution in [0.5, 0.6) is 0 Å². The molecule has 2 rings (SSSR count). The van der Waals surface area contributed by atoms with Crippen LogP contribution in [0.15, 0.2) is 0 Å². The van der Waals surface area contributed by atoms with Crippen molar-refractivity contribution in [2.45, 2.75) is 18.8 Å². The van der Waals surface area contributed by atoms with E-state index in [4.69, 9.17) is 9.84 Å². The lowest BCUT2D eigenvalue weighted by Gasteiger charge is -2.44. The molecular formula is C9H14F2O2. The van der Waals surface area contributed by atoms with Gasteiger partial charge in [0.05, 0.1) is 0 Å². The molecule has 2 unspecified atom stereocenters. The molecular weight excluding hydrogens is 178 g/mol. The molecule has 1 saturated heterocycles. The van der Waals surface area contributed by atoms with Gasteiger partial charge in [-0.3, -0.25) is 0 Å². The minimum atomic E-state index is -2.54. The highest BCUT2D eigenvalue weighted by Gasteiger charge is 2.48. The largest absolute Gasteiger partial charge is 0.396 e. The molecule has 1 heterocycles. The van der Waals surface area contributed by atoms with E-state index in [1.165, 1.54) is 0 Å². The second-order valence-electron chi connectivity index (χ2n) is 4.17. The first kappa shape index (κ1) is 9.34. The predicted molar refractivity (Wildman–Crippen MR) is 42.6 cm³/mol. The second-order valence-corrected chi connectivity index (χ2v) is 4.17. The fourth-order valence-electron chi connectivity index (χ4n) is 2.57. The van der Waals surface area contributed by atoms with E-state index in [-0.39, 0.29) is 37.2 Å². The van der Waals surface area contributed by atoms with Crippen molar-refractivity contribution in [1.82, 2.24) is 0 Å². The van der Waals surface area contributed by atoms with Gasteiger partial charge in [-0.25, -0.2) is 8.78 Å². The van der Waals surface area contributed by atoms with E-state index in [0.29, 0.717) is 13.2 Å². The molecule has 0 amide bonds. The second kappa shape index (κ2) is 3.17. The number of alkyl halides is 2. The number of aliphatic hydroxyl groups is 1. The maximum absolute atomic E-state index is 13.1. The van der Waals surface area contributed by atoms with Crippen molar-refractivity contribution in [3.8, 4) is 0 Å². The molecule has 0 aromatic rings. The number of fused-ring (bicyclic) bond motifs is 2. The van der Waals surface area contributed by atoms with Gasteiger partial charge >= 0.3 is 0 Å². The number of halogens is 2. The van der Waals surface area contributed by atoms with Crippen molar-refractivity contribution < 1.29 is 18.6 Å². The SMILES string of the molecule is OCC1C2COCC1CC(F)(F)C2. The summed E-state index contributed by atoms with van der Waals surface area (Å²) in [5.74, 6) is -2.79. The molecule has 13 heavy (non-hydrogen) atoms. The van der Waals surface area contributed by atoms with Crippen molar-refractivity contribution in [3.05, 3.63) is 0 Å². The van der Waals surface area contributed by atoms with Gasteiger partial charge in [-0.15, -0.1) is 0 Å². The Bertz CT molecular complexity index is 180. The number of hydrogen-bond donors (Lipinski definition) is 1. The molecule has 4 heteroatoms. The lowest BCUT2D eigenvalue weighted by molar-refractivity contribution is -0.161. The minimum Gasteiger partial charge on any atom is -0.396 e. The minimum absolute atomic E-state index is 0.0226. The highest BCUT2D eigenvalue weighted by atomic mass is 19.3. The molecule has 0 radical (unpaired) electrons. The Labute approximate surface area is 75.9 Å². The molecule has 76 valence electrons. The van der Waals surface area contributed by atoms with E-state index < -0.39 is 5.92 Å². The first-order valence-electron chi connectivity index (χ1n) is 4.69. The number of hydrogen-bond acceptors (Lipinski definition) is 2. The third-order valence-corrected chi connectivity index (χ3v) is 3.21. The van der Waals surface area contributed by atoms with Gasteiger partial charge in [-0.05, 0) is 17.8 Å². The van der Waals surface area contributed by atoms with Gasteiger partial charge in [0.2, 0.25) is 5.92 Å². The van der Waals surface area contributed by atoms with Crippen molar-refractivity contribution >= 4 is 0 Å². The van der Waals surface area contributed by atoms with Gasteiger partial charge in [-0.2, -0.15) is 0 Å². The van der Waals surface area contributed by atoms with E-state index >= 15 is 0 Å². The molecule has 2 aliphatic rings. The van der Waals surface area contributed by atoms with E-state index in [1.807, 2.05) is 0 Å². The van der Waals surface area contributed by atoms with Crippen LogP contribution >= 0.6 is 0 Å². The molecule has 2 bridgehead atoms. The van der Waals surface area contributed by atoms with Gasteiger partial charge in [-0.1, -0.05) is 0 Å². The highest BCUT2D eigenvalue weighted by molar-refractivity contribution is 4.92. The van der Waals surface area contributed by atoms with E-state index in [9.17, 15) is 8.78 Å². The van der Waals surface area contributed by atoms with Crippen molar-refractivity contribution in [3.63, 3.8) is 0 Å². The van der Waals surface area contributed by atoms with E-state index in [1.54, 1.807) is 0 Å². The molecule has 1 aliphatic carbocycles. The average Bonchev–Trinajstić information content (AvgIpc) is 2.01. The molecule has 0 spiro atoms. The Hall–Kier alpha value is -0.220. The lowest BCUT2D eigenvalue weighted by Crippen LogP contribution is -2.47. The summed E-state index contributed by atoms with van der Waals surface area (Å²) >= 11 is 0. The molecule has 2 nitrogen and oxygen atoms in total. The molecule has 1 N–H and O–H groups in total. The lowest BCUT2D eigenvalue weighted by atomic mass is 9.70. The Balaban J connectivity index is 2.12. The fourth-order valence-corrected chi connectivity index (χ4v) is 2.57. The molecule has 2 fully saturated rings. The summed E-state index contributed by atoms with van der Waals surface area (Å²) in [6.07, 6.45) is -0.233. The van der Waals surface area contributed by atoms with Gasteiger partial charge in [0.15, 0.2) is 0 Å². The predicted octanol–water partition coefficient (Wildman–Crippen LogP) is 1.29. The zero-order chi connectivity index (χ0) is 9.47. The topological polar surface area (TPSA) is 29.5 Å². The Morgan fingerprint density at radius 2 is 1.77 bits per heavy atom. The molecule has 2 atom stereocenters. The van der Waals surface area contributed by atoms with Crippen LogP contribution in [-0.4, -0.2) is 30.8 Å². The maximum Gasteiger partial charge on any atom is 0.248 e. The Kier molecular flexibility index (Phi) is 2.28. The molecule has 1 aliphatic heterocycles. The summed E-state index contributed by atoms with van der Waals surface area (Å²) in [6.45, 7) is 0.795. The third kappa shape index (κ3) is 1.70. The molecule has 1 saturated carbocycles. The number of ether oxygens (including phenoxy) is 1. The van der Waals surface area contributed by atoms with Crippen LogP contribution in [0.25, 0.3) is 0 Å². The smallest absolute Gasteiger partial charge is 0.248 e. The van der Waals surface area contributed by atoms with Crippen molar-refractivity contribution in [1.29, 1.82) is 0 Å². The summed E-state index contributed by atoms with van der Waals surface area (Å²) in [5, 5.41) is 9.07. The zero-order valence-corrected chi connectivity index (χ0v) is 7.38. The average molecular weight is 192 g/mol. The van der Waals surface area contributed by atoms with Crippen molar-refractivity contribution in [2.24, 2.45) is 17.8 Å². The van der Waals surface area contributed by atoms with Gasteiger partial charge in [0.25, 0.3) is 0 Å². The first-order valence-corrected chi connectivity index (χ1v) is 4.69. The van der Waals surface area contributed by atoms with Crippen LogP contribution < -0.4 is 0 Å². The quantitative estimate of drug-likeness (QED) is 0.678. The van der Waals surface area contributed by atoms with E-state index in [0.717, 1.165) is 0 Å².